The van der Waals surface area contributed by atoms with Gasteiger partial charge in [-0.25, -0.2) is 0 Å². The van der Waals surface area contributed by atoms with Crippen LogP contribution in [0.15, 0.2) is 46.0 Å². The Morgan fingerprint density at radius 1 is 1.13 bits per heavy atom. The molecular weight excluding hydrogens is 384 g/mol. The fraction of sp³-hybridized carbons (Fsp3) is 0.273. The Morgan fingerprint density at radius 3 is 2.57 bits per heavy atom. The summed E-state index contributed by atoms with van der Waals surface area (Å²) in [6.45, 7) is 5.86. The quantitative estimate of drug-likeness (QED) is 0.631. The fourth-order valence-electron chi connectivity index (χ4n) is 3.31. The van der Waals surface area contributed by atoms with E-state index >= 15 is 0 Å². The van der Waals surface area contributed by atoms with Gasteiger partial charge in [0.15, 0.2) is 0 Å². The number of carbonyl (C=O) groups is 2. The van der Waals surface area contributed by atoms with Gasteiger partial charge < -0.3 is 19.8 Å². The molecule has 8 heteroatoms. The van der Waals surface area contributed by atoms with Crippen molar-refractivity contribution in [2.75, 3.05) is 18.9 Å². The van der Waals surface area contributed by atoms with Crippen molar-refractivity contribution in [1.82, 2.24) is 14.5 Å². The zero-order chi connectivity index (χ0) is 22.0. The van der Waals surface area contributed by atoms with Crippen LogP contribution in [-0.2, 0) is 11.3 Å². The maximum atomic E-state index is 12.8. The Morgan fingerprint density at radius 2 is 1.87 bits per heavy atom. The second-order valence-electron chi connectivity index (χ2n) is 7.19. The van der Waals surface area contributed by atoms with Crippen LogP contribution in [0.2, 0.25) is 0 Å². The number of rotatable bonds is 5. The normalized spacial score (nSPS) is 10.8. The second-order valence-corrected chi connectivity index (χ2v) is 7.19. The van der Waals surface area contributed by atoms with Crippen LogP contribution < -0.4 is 16.4 Å². The van der Waals surface area contributed by atoms with Crippen LogP contribution >= 0.6 is 0 Å². The molecule has 0 bridgehead atoms. The number of H-pyrrole nitrogens is 1. The van der Waals surface area contributed by atoms with Gasteiger partial charge in [0.1, 0.15) is 0 Å². The molecule has 0 aliphatic heterocycles. The molecule has 30 heavy (non-hydrogen) atoms. The number of anilines is 1. The fourth-order valence-corrected chi connectivity index (χ4v) is 3.31. The SMILES string of the molecule is CCn1c(=O)c(=O)[nH]c2cc(C(=O)N(C)CC(=O)Nc3cccc(C)c3C)ccc21. The first-order valence-corrected chi connectivity index (χ1v) is 9.61. The van der Waals surface area contributed by atoms with Crippen LogP contribution in [0.5, 0.6) is 0 Å². The van der Waals surface area contributed by atoms with Crippen molar-refractivity contribution in [3.05, 3.63) is 73.8 Å². The van der Waals surface area contributed by atoms with E-state index in [2.05, 4.69) is 10.3 Å². The molecule has 0 aliphatic rings. The Bertz CT molecular complexity index is 1260. The lowest BCUT2D eigenvalue weighted by Crippen LogP contribution is -2.36. The van der Waals surface area contributed by atoms with Crippen molar-refractivity contribution in [2.45, 2.75) is 27.3 Å². The number of amides is 2. The third-order valence-electron chi connectivity index (χ3n) is 5.14. The highest BCUT2D eigenvalue weighted by Crippen LogP contribution is 2.18. The average molecular weight is 408 g/mol. The minimum atomic E-state index is -0.741. The van der Waals surface area contributed by atoms with Crippen LogP contribution in [-0.4, -0.2) is 39.9 Å². The molecule has 3 aromatic rings. The van der Waals surface area contributed by atoms with Gasteiger partial charge in [0.05, 0.1) is 17.6 Å². The van der Waals surface area contributed by atoms with E-state index in [1.54, 1.807) is 19.1 Å². The summed E-state index contributed by atoms with van der Waals surface area (Å²) in [5.41, 5.74) is 2.60. The number of aromatic amines is 1. The lowest BCUT2D eigenvalue weighted by molar-refractivity contribution is -0.116. The molecule has 0 spiro atoms. The highest BCUT2D eigenvalue weighted by molar-refractivity contribution is 6.01. The Kier molecular flexibility index (Phi) is 5.86. The van der Waals surface area contributed by atoms with Crippen LogP contribution in [0, 0.1) is 13.8 Å². The molecule has 0 saturated carbocycles. The Balaban J connectivity index is 1.80. The molecule has 0 radical (unpaired) electrons. The van der Waals surface area contributed by atoms with Gasteiger partial charge in [0.2, 0.25) is 5.91 Å². The number of benzene rings is 2. The molecule has 2 N–H and O–H groups in total. The molecule has 8 nitrogen and oxygen atoms in total. The molecule has 0 atom stereocenters. The van der Waals surface area contributed by atoms with Crippen LogP contribution in [0.25, 0.3) is 11.0 Å². The molecule has 1 aromatic heterocycles. The van der Waals surface area contributed by atoms with Crippen LogP contribution in [0.3, 0.4) is 0 Å². The number of aryl methyl sites for hydroxylation is 2. The summed E-state index contributed by atoms with van der Waals surface area (Å²) in [7, 11) is 1.53. The predicted molar refractivity (Wildman–Crippen MR) is 116 cm³/mol. The first kappa shape index (κ1) is 21.0. The molecule has 1 heterocycles. The number of fused-ring (bicyclic) bond motifs is 1. The topological polar surface area (TPSA) is 104 Å². The predicted octanol–water partition coefficient (Wildman–Crippen LogP) is 2.04. The van der Waals surface area contributed by atoms with E-state index in [-0.39, 0.29) is 18.4 Å². The number of nitrogens with one attached hydrogen (secondary N) is 2. The highest BCUT2D eigenvalue weighted by Gasteiger charge is 2.17. The van der Waals surface area contributed by atoms with Gasteiger partial charge in [-0.3, -0.25) is 19.2 Å². The van der Waals surface area contributed by atoms with Crippen molar-refractivity contribution in [1.29, 1.82) is 0 Å². The van der Waals surface area contributed by atoms with Crippen LogP contribution in [0.1, 0.15) is 28.4 Å². The zero-order valence-electron chi connectivity index (χ0n) is 17.4. The number of likely N-dealkylation sites (N-methyl/N-ethyl adjacent to an activating group) is 1. The van der Waals surface area contributed by atoms with E-state index in [0.29, 0.717) is 28.8 Å². The highest BCUT2D eigenvalue weighted by atomic mass is 16.2. The Hall–Kier alpha value is -3.68. The van der Waals surface area contributed by atoms with E-state index in [1.807, 2.05) is 32.0 Å². The summed E-state index contributed by atoms with van der Waals surface area (Å²) in [6, 6.07) is 10.3. The number of hydrogen-bond acceptors (Lipinski definition) is 4. The summed E-state index contributed by atoms with van der Waals surface area (Å²) in [4.78, 5) is 52.8. The van der Waals surface area contributed by atoms with Crippen molar-refractivity contribution in [3.63, 3.8) is 0 Å². The smallest absolute Gasteiger partial charge is 0.316 e. The van der Waals surface area contributed by atoms with E-state index < -0.39 is 11.1 Å². The van der Waals surface area contributed by atoms with Crippen molar-refractivity contribution in [3.8, 4) is 0 Å². The molecule has 2 aromatic carbocycles. The monoisotopic (exact) mass is 408 g/mol. The number of hydrogen-bond donors (Lipinski definition) is 2. The van der Waals surface area contributed by atoms with Crippen molar-refractivity contribution >= 4 is 28.5 Å². The molecule has 2 amide bonds. The van der Waals surface area contributed by atoms with Gasteiger partial charge in [0, 0.05) is 24.8 Å². The van der Waals surface area contributed by atoms with Crippen molar-refractivity contribution < 1.29 is 9.59 Å². The molecule has 0 aliphatic carbocycles. The van der Waals surface area contributed by atoms with Gasteiger partial charge in [-0.05, 0) is 56.2 Å². The van der Waals surface area contributed by atoms with Gasteiger partial charge in [-0.15, -0.1) is 0 Å². The minimum Gasteiger partial charge on any atom is -0.332 e. The maximum absolute atomic E-state index is 12.8. The van der Waals surface area contributed by atoms with Crippen molar-refractivity contribution in [2.24, 2.45) is 0 Å². The van der Waals surface area contributed by atoms with E-state index in [9.17, 15) is 19.2 Å². The maximum Gasteiger partial charge on any atom is 0.316 e. The lowest BCUT2D eigenvalue weighted by Gasteiger charge is -2.18. The zero-order valence-corrected chi connectivity index (χ0v) is 17.4. The number of carbonyl (C=O) groups excluding carboxylic acids is 2. The molecule has 0 saturated heterocycles. The van der Waals surface area contributed by atoms with E-state index in [0.717, 1.165) is 11.1 Å². The summed E-state index contributed by atoms with van der Waals surface area (Å²) in [5, 5.41) is 2.83. The minimum absolute atomic E-state index is 0.130. The van der Waals surface area contributed by atoms with Crippen LogP contribution in [0.4, 0.5) is 5.69 Å². The van der Waals surface area contributed by atoms with E-state index in [1.165, 1.54) is 22.6 Å². The Labute approximate surface area is 173 Å². The van der Waals surface area contributed by atoms with Gasteiger partial charge in [-0.1, -0.05) is 12.1 Å². The molecule has 156 valence electrons. The average Bonchev–Trinajstić information content (AvgIpc) is 2.71. The number of aromatic nitrogens is 2. The van der Waals surface area contributed by atoms with Gasteiger partial charge >= 0.3 is 11.1 Å². The van der Waals surface area contributed by atoms with E-state index in [4.69, 9.17) is 0 Å². The summed E-state index contributed by atoms with van der Waals surface area (Å²) in [5.74, 6) is -0.684. The molecule has 0 fully saturated rings. The number of nitrogens with zero attached hydrogens (tertiary/aromatic N) is 2. The summed E-state index contributed by atoms with van der Waals surface area (Å²) >= 11 is 0. The molecule has 0 unspecified atom stereocenters. The first-order chi connectivity index (χ1) is 14.2. The van der Waals surface area contributed by atoms with Gasteiger partial charge in [0.25, 0.3) is 5.91 Å². The summed E-state index contributed by atoms with van der Waals surface area (Å²) in [6.07, 6.45) is 0. The molecule has 3 rings (SSSR count). The third-order valence-corrected chi connectivity index (χ3v) is 5.14. The second kappa shape index (κ2) is 8.36. The summed E-state index contributed by atoms with van der Waals surface area (Å²) < 4.78 is 1.35. The standard InChI is InChI=1S/C22H24N4O4/c1-5-26-18-10-9-15(11-17(18)24-20(28)22(26)30)21(29)25(4)12-19(27)23-16-8-6-7-13(2)14(16)3/h6-11H,5,12H2,1-4H3,(H,23,27)(H,24,28). The molecular formula is C22H24N4O4. The third kappa shape index (κ3) is 4.03. The largest absolute Gasteiger partial charge is 0.332 e. The first-order valence-electron chi connectivity index (χ1n) is 9.61. The lowest BCUT2D eigenvalue weighted by atomic mass is 10.1. The van der Waals surface area contributed by atoms with Gasteiger partial charge in [-0.2, -0.15) is 0 Å².